The van der Waals surface area contributed by atoms with E-state index in [-0.39, 0.29) is 6.02 Å². The molecule has 0 unspecified atom stereocenters. The van der Waals surface area contributed by atoms with Crippen LogP contribution in [0.4, 0.5) is 0 Å². The Balaban J connectivity index is 2.19. The molecule has 0 amide bonds. The van der Waals surface area contributed by atoms with Crippen molar-refractivity contribution in [3.63, 3.8) is 0 Å². The molecule has 60 valence electrons. The van der Waals surface area contributed by atoms with Crippen LogP contribution in [0.5, 0.6) is 0 Å². The fourth-order valence-electron chi connectivity index (χ4n) is 0.680. The van der Waals surface area contributed by atoms with Crippen LogP contribution >= 0.6 is 0 Å². The van der Waals surface area contributed by atoms with Crippen LogP contribution in [-0.4, -0.2) is 22.2 Å². The van der Waals surface area contributed by atoms with Crippen LogP contribution < -0.4 is 5.73 Å². The Morgan fingerprint density at radius 2 is 2.55 bits per heavy atom. The second-order valence-corrected chi connectivity index (χ2v) is 2.01. The lowest BCUT2D eigenvalue weighted by atomic mass is 10.6. The third kappa shape index (κ3) is 2.70. The van der Waals surface area contributed by atoms with Gasteiger partial charge in [-0.05, 0) is 0 Å². The molecule has 0 aliphatic heterocycles. The summed E-state index contributed by atoms with van der Waals surface area (Å²) in [5.41, 5.74) is 4.97. The highest BCUT2D eigenvalue weighted by Gasteiger charge is 1.90. The zero-order valence-electron chi connectivity index (χ0n) is 6.03. The highest BCUT2D eigenvalue weighted by Crippen LogP contribution is 1.85. The molecule has 0 fully saturated rings. The number of ether oxygens (including phenoxy) is 1. The topological polar surface area (TPSA) is 76.9 Å². The Morgan fingerprint density at radius 3 is 3.09 bits per heavy atom. The molecule has 0 atom stereocenters. The first-order chi connectivity index (χ1) is 5.29. The van der Waals surface area contributed by atoms with Gasteiger partial charge in [-0.25, -0.2) is 4.98 Å². The molecule has 0 radical (unpaired) electrons. The van der Waals surface area contributed by atoms with Crippen LogP contribution in [0, 0.1) is 5.41 Å². The molecule has 5 heteroatoms. The molecular formula is C6H10N4O. The fourth-order valence-corrected chi connectivity index (χ4v) is 0.680. The van der Waals surface area contributed by atoms with E-state index in [4.69, 9.17) is 15.9 Å². The van der Waals surface area contributed by atoms with Crippen LogP contribution in [0.15, 0.2) is 18.7 Å². The van der Waals surface area contributed by atoms with Crippen molar-refractivity contribution in [2.24, 2.45) is 5.73 Å². The monoisotopic (exact) mass is 154 g/mol. The number of aromatic nitrogens is 2. The van der Waals surface area contributed by atoms with Gasteiger partial charge in [0.15, 0.2) is 0 Å². The van der Waals surface area contributed by atoms with E-state index >= 15 is 0 Å². The first-order valence-electron chi connectivity index (χ1n) is 3.21. The molecule has 1 aromatic rings. The van der Waals surface area contributed by atoms with E-state index in [2.05, 4.69) is 4.98 Å². The third-order valence-corrected chi connectivity index (χ3v) is 1.17. The minimum absolute atomic E-state index is 0.245. The standard InChI is InChI=1S/C6H10N4O/c7-6(8)11-4-3-10-2-1-9-5-10/h1-2,5H,3-4H2,(H3,7,8). The van der Waals surface area contributed by atoms with Crippen LogP contribution in [-0.2, 0) is 11.3 Å². The minimum atomic E-state index is -0.245. The maximum absolute atomic E-state index is 6.75. The smallest absolute Gasteiger partial charge is 0.279 e. The Kier molecular flexibility index (Phi) is 2.48. The van der Waals surface area contributed by atoms with Gasteiger partial charge in [-0.2, -0.15) is 0 Å². The molecule has 11 heavy (non-hydrogen) atoms. The molecule has 1 heterocycles. The maximum atomic E-state index is 6.75. The SMILES string of the molecule is N=C(N)OCCn1ccnc1. The first-order valence-corrected chi connectivity index (χ1v) is 3.21. The van der Waals surface area contributed by atoms with Gasteiger partial charge < -0.3 is 15.0 Å². The average Bonchev–Trinajstić information content (AvgIpc) is 2.39. The molecular weight excluding hydrogens is 144 g/mol. The van der Waals surface area contributed by atoms with Crippen molar-refractivity contribution in [1.29, 1.82) is 5.41 Å². The highest BCUT2D eigenvalue weighted by atomic mass is 16.5. The number of amidine groups is 1. The van der Waals surface area contributed by atoms with E-state index in [0.717, 1.165) is 0 Å². The summed E-state index contributed by atoms with van der Waals surface area (Å²) >= 11 is 0. The number of nitrogens with one attached hydrogen (secondary N) is 1. The van der Waals surface area contributed by atoms with Gasteiger partial charge in [0.05, 0.1) is 12.9 Å². The highest BCUT2D eigenvalue weighted by molar-refractivity contribution is 5.67. The van der Waals surface area contributed by atoms with Crippen LogP contribution in [0.25, 0.3) is 0 Å². The molecule has 0 bridgehead atoms. The van der Waals surface area contributed by atoms with Gasteiger partial charge in [-0.15, -0.1) is 0 Å². The lowest BCUT2D eigenvalue weighted by molar-refractivity contribution is 0.279. The Bertz CT molecular complexity index is 218. The number of nitrogens with two attached hydrogens (primary N) is 1. The predicted molar refractivity (Wildman–Crippen MR) is 40.1 cm³/mol. The fraction of sp³-hybridized carbons (Fsp3) is 0.333. The second kappa shape index (κ2) is 3.60. The summed E-state index contributed by atoms with van der Waals surface area (Å²) in [6.07, 6.45) is 5.20. The minimum Gasteiger partial charge on any atom is -0.464 e. The summed E-state index contributed by atoms with van der Waals surface area (Å²) in [7, 11) is 0. The molecule has 0 aliphatic carbocycles. The van der Waals surface area contributed by atoms with Gasteiger partial charge in [-0.3, -0.25) is 5.41 Å². The largest absolute Gasteiger partial charge is 0.464 e. The molecule has 0 aliphatic rings. The van der Waals surface area contributed by atoms with Gasteiger partial charge in [0.1, 0.15) is 6.61 Å². The predicted octanol–water partition coefficient (Wildman–Crippen LogP) is -0.207. The average molecular weight is 154 g/mol. The van der Waals surface area contributed by atoms with Gasteiger partial charge in [0.25, 0.3) is 6.02 Å². The Morgan fingerprint density at radius 1 is 1.73 bits per heavy atom. The second-order valence-electron chi connectivity index (χ2n) is 2.01. The van der Waals surface area contributed by atoms with Crippen molar-refractivity contribution >= 4 is 6.02 Å². The Hall–Kier alpha value is -1.52. The number of imidazole rings is 1. The summed E-state index contributed by atoms with van der Waals surface area (Å²) in [5, 5.41) is 6.75. The van der Waals surface area contributed by atoms with Crippen molar-refractivity contribution in [1.82, 2.24) is 9.55 Å². The van der Waals surface area contributed by atoms with E-state index in [9.17, 15) is 0 Å². The van der Waals surface area contributed by atoms with E-state index in [1.807, 2.05) is 10.8 Å². The molecule has 0 aromatic carbocycles. The van der Waals surface area contributed by atoms with Gasteiger partial charge in [-0.1, -0.05) is 0 Å². The zero-order chi connectivity index (χ0) is 8.10. The summed E-state index contributed by atoms with van der Waals surface area (Å²) in [6, 6.07) is -0.245. The number of rotatable bonds is 3. The summed E-state index contributed by atoms with van der Waals surface area (Å²) in [5.74, 6) is 0. The number of hydrogen-bond donors (Lipinski definition) is 2. The van der Waals surface area contributed by atoms with Crippen molar-refractivity contribution in [3.05, 3.63) is 18.7 Å². The molecule has 5 nitrogen and oxygen atoms in total. The molecule has 0 saturated carbocycles. The van der Waals surface area contributed by atoms with Gasteiger partial charge in [0.2, 0.25) is 0 Å². The van der Waals surface area contributed by atoms with Gasteiger partial charge >= 0.3 is 0 Å². The van der Waals surface area contributed by atoms with E-state index in [1.54, 1.807) is 12.5 Å². The van der Waals surface area contributed by atoms with Crippen molar-refractivity contribution in [2.75, 3.05) is 6.61 Å². The zero-order valence-corrected chi connectivity index (χ0v) is 6.03. The molecule has 0 saturated heterocycles. The van der Waals surface area contributed by atoms with Crippen molar-refractivity contribution in [3.8, 4) is 0 Å². The molecule has 1 aromatic heterocycles. The number of hydrogen-bond acceptors (Lipinski definition) is 3. The van der Waals surface area contributed by atoms with Crippen LogP contribution in [0.2, 0.25) is 0 Å². The quantitative estimate of drug-likeness (QED) is 0.467. The summed E-state index contributed by atoms with van der Waals surface area (Å²) in [6.45, 7) is 1.07. The normalized spacial score (nSPS) is 9.45. The van der Waals surface area contributed by atoms with Crippen LogP contribution in [0.3, 0.4) is 0 Å². The third-order valence-electron chi connectivity index (χ3n) is 1.17. The lowest BCUT2D eigenvalue weighted by Crippen LogP contribution is -2.17. The van der Waals surface area contributed by atoms with E-state index in [0.29, 0.717) is 13.2 Å². The molecule has 1 rings (SSSR count). The lowest BCUT2D eigenvalue weighted by Gasteiger charge is -2.02. The first kappa shape index (κ1) is 7.59. The number of nitrogens with zero attached hydrogens (tertiary/aromatic N) is 2. The van der Waals surface area contributed by atoms with Crippen LogP contribution in [0.1, 0.15) is 0 Å². The molecule has 3 N–H and O–H groups in total. The maximum Gasteiger partial charge on any atom is 0.279 e. The van der Waals surface area contributed by atoms with Crippen molar-refractivity contribution < 1.29 is 4.74 Å². The van der Waals surface area contributed by atoms with Gasteiger partial charge in [0, 0.05) is 12.4 Å². The molecule has 0 spiro atoms. The van der Waals surface area contributed by atoms with E-state index in [1.165, 1.54) is 0 Å². The van der Waals surface area contributed by atoms with E-state index < -0.39 is 0 Å². The Labute approximate surface area is 64.3 Å². The van der Waals surface area contributed by atoms with Crippen molar-refractivity contribution in [2.45, 2.75) is 6.54 Å². The summed E-state index contributed by atoms with van der Waals surface area (Å²) < 4.78 is 6.58. The summed E-state index contributed by atoms with van der Waals surface area (Å²) in [4.78, 5) is 3.84.